The van der Waals surface area contributed by atoms with Crippen molar-refractivity contribution in [2.24, 2.45) is 0 Å². The fourth-order valence-corrected chi connectivity index (χ4v) is 10.5. The number of hydrogen-bond acceptors (Lipinski definition) is 0. The van der Waals surface area contributed by atoms with Gasteiger partial charge in [-0.15, -0.1) is 0 Å². The van der Waals surface area contributed by atoms with Gasteiger partial charge in [0.2, 0.25) is 0 Å². The van der Waals surface area contributed by atoms with E-state index in [1.165, 1.54) is 32.1 Å². The van der Waals surface area contributed by atoms with Gasteiger partial charge in [-0.2, -0.15) is 0 Å². The van der Waals surface area contributed by atoms with Crippen molar-refractivity contribution in [1.29, 1.82) is 0 Å². The van der Waals surface area contributed by atoms with Crippen LogP contribution in [0, 0.1) is 0 Å². The van der Waals surface area contributed by atoms with E-state index in [0.717, 1.165) is 17.0 Å². The van der Waals surface area contributed by atoms with Crippen LogP contribution in [0.25, 0.3) is 0 Å². The zero-order valence-electron chi connectivity index (χ0n) is 13.5. The molecule has 0 amide bonds. The Morgan fingerprint density at radius 3 is 1.41 bits per heavy atom. The van der Waals surface area contributed by atoms with Crippen molar-refractivity contribution in [3.05, 3.63) is 0 Å². The molecule has 106 valence electrons. The van der Waals surface area contributed by atoms with Gasteiger partial charge in [-0.3, -0.25) is 0 Å². The first-order valence-corrected chi connectivity index (χ1v) is 10.3. The van der Waals surface area contributed by atoms with Gasteiger partial charge in [0.15, 0.2) is 0 Å². The van der Waals surface area contributed by atoms with E-state index < -0.39 is 7.26 Å². The molecular formula is C16H37P. The monoisotopic (exact) mass is 260 g/mol. The molecule has 0 aliphatic rings. The van der Waals surface area contributed by atoms with E-state index in [9.17, 15) is 0 Å². The molecule has 0 saturated heterocycles. The van der Waals surface area contributed by atoms with E-state index in [1.54, 1.807) is 6.16 Å². The summed E-state index contributed by atoms with van der Waals surface area (Å²) < 4.78 is 0. The first kappa shape index (κ1) is 17.4. The van der Waals surface area contributed by atoms with Gasteiger partial charge in [-0.25, -0.2) is 0 Å². The van der Waals surface area contributed by atoms with Crippen molar-refractivity contribution in [2.75, 3.05) is 6.16 Å². The molecule has 0 rings (SSSR count). The van der Waals surface area contributed by atoms with Crippen LogP contribution in [0.5, 0.6) is 0 Å². The van der Waals surface area contributed by atoms with Crippen LogP contribution in [0.4, 0.5) is 0 Å². The SMILES string of the molecule is CCCCCCC[PH](C(C)C)(C(C)C)C(C)C. The van der Waals surface area contributed by atoms with Gasteiger partial charge in [0, 0.05) is 0 Å². The summed E-state index contributed by atoms with van der Waals surface area (Å²) in [6.45, 7) is 17.2. The maximum atomic E-state index is 2.48. The normalized spacial score (nSPS) is 14.0. The van der Waals surface area contributed by atoms with Gasteiger partial charge < -0.3 is 0 Å². The van der Waals surface area contributed by atoms with E-state index in [1.807, 2.05) is 0 Å². The van der Waals surface area contributed by atoms with E-state index in [2.05, 4.69) is 48.5 Å². The predicted octanol–water partition coefficient (Wildman–Crippen LogP) is 5.93. The molecule has 0 aromatic heterocycles. The molecule has 0 unspecified atom stereocenters. The average Bonchev–Trinajstić information content (AvgIpc) is 2.21. The van der Waals surface area contributed by atoms with Crippen molar-refractivity contribution in [3.8, 4) is 0 Å². The fourth-order valence-electron chi connectivity index (χ4n) is 3.90. The predicted molar refractivity (Wildman–Crippen MR) is 87.3 cm³/mol. The molecule has 0 heterocycles. The number of hydrogen-bond donors (Lipinski definition) is 0. The van der Waals surface area contributed by atoms with Crippen molar-refractivity contribution in [3.63, 3.8) is 0 Å². The van der Waals surface area contributed by atoms with Crippen LogP contribution in [0.3, 0.4) is 0 Å². The first-order valence-electron chi connectivity index (χ1n) is 7.89. The Hall–Kier alpha value is 0.430. The molecule has 0 saturated carbocycles. The summed E-state index contributed by atoms with van der Waals surface area (Å²) in [5.74, 6) is 0. The Morgan fingerprint density at radius 1 is 0.647 bits per heavy atom. The second-order valence-electron chi connectivity index (χ2n) is 6.74. The van der Waals surface area contributed by atoms with Crippen LogP contribution in [-0.4, -0.2) is 23.1 Å². The fraction of sp³-hybridized carbons (Fsp3) is 1.00. The van der Waals surface area contributed by atoms with Gasteiger partial charge in [-0.05, 0) is 0 Å². The topological polar surface area (TPSA) is 0 Å². The van der Waals surface area contributed by atoms with E-state index >= 15 is 0 Å². The summed E-state index contributed by atoms with van der Waals surface area (Å²) in [7, 11) is -1.09. The third kappa shape index (κ3) is 4.90. The molecule has 0 atom stereocenters. The number of unbranched alkanes of at least 4 members (excludes halogenated alkanes) is 4. The van der Waals surface area contributed by atoms with Crippen LogP contribution >= 0.6 is 7.26 Å². The Bertz CT molecular complexity index is 160. The summed E-state index contributed by atoms with van der Waals surface area (Å²) in [4.78, 5) is 0. The molecule has 0 aliphatic carbocycles. The molecule has 0 nitrogen and oxygen atoms in total. The molecule has 0 aliphatic heterocycles. The van der Waals surface area contributed by atoms with Crippen LogP contribution in [0.15, 0.2) is 0 Å². The second kappa shape index (κ2) is 8.52. The molecule has 0 fully saturated rings. The minimum atomic E-state index is -1.09. The third-order valence-electron chi connectivity index (χ3n) is 4.94. The molecular weight excluding hydrogens is 223 g/mol. The van der Waals surface area contributed by atoms with Crippen molar-refractivity contribution >= 4 is 7.26 Å². The summed E-state index contributed by atoms with van der Waals surface area (Å²) in [5, 5.41) is 0. The van der Waals surface area contributed by atoms with Crippen molar-refractivity contribution in [1.82, 2.24) is 0 Å². The van der Waals surface area contributed by atoms with E-state index in [4.69, 9.17) is 0 Å². The summed E-state index contributed by atoms with van der Waals surface area (Å²) in [6, 6.07) is 0. The van der Waals surface area contributed by atoms with Gasteiger partial charge in [0.25, 0.3) is 0 Å². The molecule has 0 spiro atoms. The summed E-state index contributed by atoms with van der Waals surface area (Å²) in [6.07, 6.45) is 8.76. The van der Waals surface area contributed by atoms with E-state index in [0.29, 0.717) is 0 Å². The molecule has 0 radical (unpaired) electrons. The van der Waals surface area contributed by atoms with E-state index in [-0.39, 0.29) is 0 Å². The Balaban J connectivity index is 4.38. The Kier molecular flexibility index (Phi) is 8.73. The van der Waals surface area contributed by atoms with Crippen LogP contribution in [0.2, 0.25) is 0 Å². The molecule has 0 aromatic carbocycles. The van der Waals surface area contributed by atoms with Crippen LogP contribution in [0.1, 0.15) is 80.6 Å². The molecule has 0 bridgehead atoms. The van der Waals surface area contributed by atoms with Gasteiger partial charge >= 0.3 is 111 Å². The Morgan fingerprint density at radius 2 is 1.06 bits per heavy atom. The summed E-state index contributed by atoms with van der Waals surface area (Å²) >= 11 is 0. The molecule has 17 heavy (non-hydrogen) atoms. The van der Waals surface area contributed by atoms with Gasteiger partial charge in [0.1, 0.15) is 0 Å². The van der Waals surface area contributed by atoms with Gasteiger partial charge in [0.05, 0.1) is 0 Å². The standard InChI is InChI=1S/C16H37P/c1-8-9-10-11-12-13-17(14(2)3,15(4)5)16(6)7/h14-17H,8-13H2,1-7H3. The quantitative estimate of drug-likeness (QED) is 0.356. The number of rotatable bonds is 9. The first-order chi connectivity index (χ1) is 7.89. The summed E-state index contributed by atoms with van der Waals surface area (Å²) in [5.41, 5.74) is 2.82. The van der Waals surface area contributed by atoms with Crippen LogP contribution < -0.4 is 0 Å². The average molecular weight is 260 g/mol. The third-order valence-corrected chi connectivity index (χ3v) is 12.6. The zero-order chi connectivity index (χ0) is 13.5. The minimum absolute atomic E-state index is 0.939. The van der Waals surface area contributed by atoms with Crippen molar-refractivity contribution in [2.45, 2.75) is 97.5 Å². The Labute approximate surface area is 111 Å². The molecule has 0 N–H and O–H groups in total. The maximum absolute atomic E-state index is 2.48. The van der Waals surface area contributed by atoms with Gasteiger partial charge in [-0.1, -0.05) is 0 Å². The van der Waals surface area contributed by atoms with Crippen molar-refractivity contribution < 1.29 is 0 Å². The second-order valence-corrected chi connectivity index (χ2v) is 12.9. The molecule has 0 aromatic rings. The molecule has 1 heteroatoms. The van der Waals surface area contributed by atoms with Crippen LogP contribution in [-0.2, 0) is 0 Å². The zero-order valence-corrected chi connectivity index (χ0v) is 14.5.